The summed E-state index contributed by atoms with van der Waals surface area (Å²) in [5.74, 6) is 1.20. The molecule has 1 fully saturated rings. The second-order valence-corrected chi connectivity index (χ2v) is 5.97. The molecule has 2 rings (SSSR count). The highest BCUT2D eigenvalue weighted by atomic mass is 16.6. The fourth-order valence-electron chi connectivity index (χ4n) is 2.22. The quantitative estimate of drug-likeness (QED) is 0.912. The fraction of sp³-hybridized carbons (Fsp3) is 0.643. The molecule has 0 spiro atoms. The Hall–Kier alpha value is -2.05. The molecule has 2 heterocycles. The number of carbonyl (C=O) groups is 1. The maximum absolute atomic E-state index is 11.8. The third-order valence-corrected chi connectivity index (χ3v) is 3.05. The number of methoxy groups -OCH3 is 1. The lowest BCUT2D eigenvalue weighted by atomic mass is 10.2. The lowest BCUT2D eigenvalue weighted by molar-refractivity contribution is 0.0509. The highest BCUT2D eigenvalue weighted by Crippen LogP contribution is 2.25. The van der Waals surface area contributed by atoms with Crippen molar-refractivity contribution in [1.82, 2.24) is 15.3 Å². The molecule has 1 unspecified atom stereocenters. The minimum Gasteiger partial charge on any atom is -0.478 e. The number of anilines is 1. The Kier molecular flexibility index (Phi) is 4.50. The first kappa shape index (κ1) is 15.3. The van der Waals surface area contributed by atoms with Crippen LogP contribution in [0.1, 0.15) is 27.2 Å². The van der Waals surface area contributed by atoms with Gasteiger partial charge in [0.1, 0.15) is 5.60 Å². The number of nitrogens with zero attached hydrogens (tertiary/aromatic N) is 3. The SMILES string of the molecule is COc1nccnc1N1CCC(NC(=O)OC(C)(C)C)C1. The van der Waals surface area contributed by atoms with Gasteiger partial charge < -0.3 is 19.7 Å². The van der Waals surface area contributed by atoms with E-state index in [1.807, 2.05) is 25.7 Å². The molecular weight excluding hydrogens is 272 g/mol. The number of alkyl carbamates (subject to hydrolysis) is 1. The molecule has 21 heavy (non-hydrogen) atoms. The smallest absolute Gasteiger partial charge is 0.407 e. The molecular formula is C14H22N4O3. The summed E-state index contributed by atoms with van der Waals surface area (Å²) in [6.07, 6.45) is 3.67. The van der Waals surface area contributed by atoms with Crippen LogP contribution in [0.3, 0.4) is 0 Å². The zero-order chi connectivity index (χ0) is 15.5. The van der Waals surface area contributed by atoms with E-state index >= 15 is 0 Å². The van der Waals surface area contributed by atoms with Crippen molar-refractivity contribution in [1.29, 1.82) is 0 Å². The van der Waals surface area contributed by atoms with E-state index in [-0.39, 0.29) is 12.1 Å². The normalized spacial score (nSPS) is 18.5. The molecule has 0 saturated carbocycles. The topological polar surface area (TPSA) is 76.6 Å². The van der Waals surface area contributed by atoms with Crippen molar-refractivity contribution in [2.75, 3.05) is 25.1 Å². The molecule has 7 nitrogen and oxygen atoms in total. The lowest BCUT2D eigenvalue weighted by Gasteiger charge is -2.22. The monoisotopic (exact) mass is 294 g/mol. The first-order chi connectivity index (χ1) is 9.89. The number of nitrogens with one attached hydrogen (secondary N) is 1. The van der Waals surface area contributed by atoms with Gasteiger partial charge in [0.15, 0.2) is 5.82 Å². The molecule has 1 aromatic rings. The zero-order valence-corrected chi connectivity index (χ0v) is 12.9. The van der Waals surface area contributed by atoms with E-state index in [0.29, 0.717) is 18.2 Å². The van der Waals surface area contributed by atoms with Gasteiger partial charge in [-0.15, -0.1) is 0 Å². The van der Waals surface area contributed by atoms with Crippen LogP contribution in [0.2, 0.25) is 0 Å². The highest BCUT2D eigenvalue weighted by molar-refractivity contribution is 5.68. The van der Waals surface area contributed by atoms with Crippen molar-refractivity contribution >= 4 is 11.9 Å². The average molecular weight is 294 g/mol. The molecule has 1 aliphatic rings. The van der Waals surface area contributed by atoms with Gasteiger partial charge in [0.25, 0.3) is 5.88 Å². The zero-order valence-electron chi connectivity index (χ0n) is 12.9. The third kappa shape index (κ3) is 4.21. The van der Waals surface area contributed by atoms with E-state index in [1.165, 1.54) is 0 Å². The number of amides is 1. The van der Waals surface area contributed by atoms with Crippen LogP contribution in [0, 0.1) is 0 Å². The second-order valence-electron chi connectivity index (χ2n) is 5.97. The lowest BCUT2D eigenvalue weighted by Crippen LogP contribution is -2.40. The van der Waals surface area contributed by atoms with Crippen molar-refractivity contribution in [3.05, 3.63) is 12.4 Å². The minimum atomic E-state index is -0.490. The molecule has 0 aliphatic carbocycles. The Morgan fingerprint density at radius 1 is 1.38 bits per heavy atom. The van der Waals surface area contributed by atoms with Crippen molar-refractivity contribution in [2.45, 2.75) is 38.8 Å². The third-order valence-electron chi connectivity index (χ3n) is 3.05. The molecule has 116 valence electrons. The summed E-state index contributed by atoms with van der Waals surface area (Å²) >= 11 is 0. The summed E-state index contributed by atoms with van der Waals surface area (Å²) in [5, 5.41) is 2.88. The summed E-state index contributed by atoms with van der Waals surface area (Å²) in [4.78, 5) is 22.3. The van der Waals surface area contributed by atoms with Crippen LogP contribution >= 0.6 is 0 Å². The van der Waals surface area contributed by atoms with Crippen LogP contribution < -0.4 is 15.0 Å². The molecule has 0 aromatic carbocycles. The summed E-state index contributed by atoms with van der Waals surface area (Å²) in [5.41, 5.74) is -0.490. The van der Waals surface area contributed by atoms with Crippen LogP contribution in [0.25, 0.3) is 0 Å². The average Bonchev–Trinajstić information content (AvgIpc) is 2.84. The summed E-state index contributed by atoms with van der Waals surface area (Å²) in [6.45, 7) is 6.98. The van der Waals surface area contributed by atoms with Crippen LogP contribution in [0.5, 0.6) is 5.88 Å². The number of carbonyl (C=O) groups excluding carboxylic acids is 1. The van der Waals surface area contributed by atoms with E-state index in [1.54, 1.807) is 19.5 Å². The van der Waals surface area contributed by atoms with Gasteiger partial charge in [-0.2, -0.15) is 0 Å². The number of hydrogen-bond donors (Lipinski definition) is 1. The van der Waals surface area contributed by atoms with Gasteiger partial charge in [-0.05, 0) is 27.2 Å². The maximum Gasteiger partial charge on any atom is 0.407 e. The molecule has 1 N–H and O–H groups in total. The van der Waals surface area contributed by atoms with Gasteiger partial charge in [-0.25, -0.2) is 14.8 Å². The van der Waals surface area contributed by atoms with Gasteiger partial charge in [-0.3, -0.25) is 0 Å². The number of ether oxygens (including phenoxy) is 2. The molecule has 0 radical (unpaired) electrons. The predicted molar refractivity (Wildman–Crippen MR) is 78.6 cm³/mol. The molecule has 1 aliphatic heterocycles. The summed E-state index contributed by atoms with van der Waals surface area (Å²) in [7, 11) is 1.57. The van der Waals surface area contributed by atoms with Crippen molar-refractivity contribution < 1.29 is 14.3 Å². The molecule has 0 bridgehead atoms. The van der Waals surface area contributed by atoms with Gasteiger partial charge in [-0.1, -0.05) is 0 Å². The first-order valence-corrected chi connectivity index (χ1v) is 6.98. The van der Waals surface area contributed by atoms with E-state index < -0.39 is 5.60 Å². The van der Waals surface area contributed by atoms with Gasteiger partial charge in [0, 0.05) is 25.5 Å². The van der Waals surface area contributed by atoms with Gasteiger partial charge >= 0.3 is 6.09 Å². The molecule has 1 amide bonds. The Morgan fingerprint density at radius 3 is 2.76 bits per heavy atom. The molecule has 1 atom stereocenters. The largest absolute Gasteiger partial charge is 0.478 e. The maximum atomic E-state index is 11.8. The molecule has 1 saturated heterocycles. The number of rotatable bonds is 3. The van der Waals surface area contributed by atoms with Gasteiger partial charge in [0.2, 0.25) is 0 Å². The summed E-state index contributed by atoms with van der Waals surface area (Å²) in [6, 6.07) is 0.0339. The Morgan fingerprint density at radius 2 is 2.10 bits per heavy atom. The van der Waals surface area contributed by atoms with Crippen LogP contribution in [0.4, 0.5) is 10.6 Å². The van der Waals surface area contributed by atoms with E-state index in [4.69, 9.17) is 9.47 Å². The Balaban J connectivity index is 1.93. The number of aromatic nitrogens is 2. The van der Waals surface area contributed by atoms with E-state index in [9.17, 15) is 4.79 Å². The number of hydrogen-bond acceptors (Lipinski definition) is 6. The predicted octanol–water partition coefficient (Wildman–Crippen LogP) is 1.59. The fourth-order valence-corrected chi connectivity index (χ4v) is 2.22. The molecule has 1 aromatic heterocycles. The Labute approximate surface area is 124 Å². The van der Waals surface area contributed by atoms with Crippen molar-refractivity contribution in [3.63, 3.8) is 0 Å². The van der Waals surface area contributed by atoms with Gasteiger partial charge in [0.05, 0.1) is 13.2 Å². The van der Waals surface area contributed by atoms with Crippen LogP contribution in [-0.4, -0.2) is 47.9 Å². The van der Waals surface area contributed by atoms with Crippen LogP contribution in [-0.2, 0) is 4.74 Å². The summed E-state index contributed by atoms with van der Waals surface area (Å²) < 4.78 is 10.5. The second kappa shape index (κ2) is 6.15. The Bertz CT molecular complexity index is 501. The van der Waals surface area contributed by atoms with E-state index in [0.717, 1.165) is 13.0 Å². The molecule has 7 heteroatoms. The first-order valence-electron chi connectivity index (χ1n) is 6.98. The van der Waals surface area contributed by atoms with Crippen LogP contribution in [0.15, 0.2) is 12.4 Å². The minimum absolute atomic E-state index is 0.0339. The van der Waals surface area contributed by atoms with Crippen molar-refractivity contribution in [3.8, 4) is 5.88 Å². The standard InChI is InChI=1S/C14H22N4O3/c1-14(2,3)21-13(19)17-10-5-8-18(9-10)11-12(20-4)16-7-6-15-11/h6-7,10H,5,8-9H2,1-4H3,(H,17,19). The highest BCUT2D eigenvalue weighted by Gasteiger charge is 2.28. The van der Waals surface area contributed by atoms with E-state index in [2.05, 4.69) is 15.3 Å². The van der Waals surface area contributed by atoms with Crippen molar-refractivity contribution in [2.24, 2.45) is 0 Å².